The van der Waals surface area contributed by atoms with Crippen LogP contribution < -0.4 is 4.74 Å². The number of hydrogen-bond donors (Lipinski definition) is 0. The lowest BCUT2D eigenvalue weighted by Crippen LogP contribution is -2.11. The van der Waals surface area contributed by atoms with Crippen molar-refractivity contribution in [3.8, 4) is 28.6 Å². The molecular formula is C42H35N3O2S. The Morgan fingerprint density at radius 1 is 0.729 bits per heavy atom. The number of fused-ring (bicyclic) bond motifs is 3. The Bertz CT molecular complexity index is 2680. The van der Waals surface area contributed by atoms with E-state index in [0.717, 1.165) is 65.5 Å². The lowest BCUT2D eigenvalue weighted by Gasteiger charge is -2.20. The van der Waals surface area contributed by atoms with E-state index < -0.39 is 0 Å². The molecule has 5 heterocycles. The van der Waals surface area contributed by atoms with Crippen molar-refractivity contribution in [1.29, 1.82) is 0 Å². The molecule has 0 radical (unpaired) electrons. The van der Waals surface area contributed by atoms with E-state index in [0.29, 0.717) is 11.6 Å². The monoisotopic (exact) mass is 645 g/mol. The second kappa shape index (κ2) is 10.1. The van der Waals surface area contributed by atoms with Gasteiger partial charge in [-0.3, -0.25) is 9.55 Å². The molecule has 0 saturated carbocycles. The van der Waals surface area contributed by atoms with Gasteiger partial charge in [0.05, 0.1) is 16.6 Å². The number of hydrogen-bond acceptors (Lipinski definition) is 5. The third kappa shape index (κ3) is 4.43. The molecule has 48 heavy (non-hydrogen) atoms. The molecule has 236 valence electrons. The van der Waals surface area contributed by atoms with Crippen molar-refractivity contribution in [2.45, 2.75) is 52.4 Å². The SMILES string of the molecule is CC(C)(C)c1cccc(-n2c3ccccc3c3ccc(Oc4cc(-c5cc(C(C)(C)C)ccn5)c5sc6cccc7oc4c5c76)nc32)c1. The van der Waals surface area contributed by atoms with Crippen LogP contribution in [0.15, 0.2) is 108 Å². The molecule has 0 atom stereocenters. The number of ether oxygens (including phenoxy) is 1. The third-order valence-electron chi connectivity index (χ3n) is 9.44. The summed E-state index contributed by atoms with van der Waals surface area (Å²) in [4.78, 5) is 10.1. The molecule has 0 amide bonds. The molecule has 0 aliphatic rings. The van der Waals surface area contributed by atoms with Gasteiger partial charge in [0.25, 0.3) is 0 Å². The number of thiophene rings is 1. The summed E-state index contributed by atoms with van der Waals surface area (Å²) in [6.45, 7) is 13.4. The van der Waals surface area contributed by atoms with Crippen molar-refractivity contribution in [2.75, 3.05) is 0 Å². The fourth-order valence-electron chi connectivity index (χ4n) is 6.88. The van der Waals surface area contributed by atoms with Crippen LogP contribution in [0.1, 0.15) is 52.7 Å². The average Bonchev–Trinajstić information content (AvgIpc) is 3.75. The highest BCUT2D eigenvalue weighted by molar-refractivity contribution is 7.26. The Morgan fingerprint density at radius 2 is 1.52 bits per heavy atom. The molecule has 6 heteroatoms. The normalized spacial score (nSPS) is 12.8. The van der Waals surface area contributed by atoms with E-state index in [1.54, 1.807) is 11.3 Å². The summed E-state index contributed by atoms with van der Waals surface area (Å²) in [5.74, 6) is 1.13. The van der Waals surface area contributed by atoms with Crippen molar-refractivity contribution >= 4 is 64.6 Å². The van der Waals surface area contributed by atoms with Gasteiger partial charge < -0.3 is 9.15 Å². The van der Waals surface area contributed by atoms with Gasteiger partial charge in [-0.15, -0.1) is 11.3 Å². The Hall–Kier alpha value is -5.20. The molecule has 0 aliphatic carbocycles. The van der Waals surface area contributed by atoms with E-state index in [1.165, 1.54) is 15.8 Å². The summed E-state index contributed by atoms with van der Waals surface area (Å²) in [5.41, 5.74) is 9.07. The van der Waals surface area contributed by atoms with Gasteiger partial charge in [-0.1, -0.05) is 77.9 Å². The van der Waals surface area contributed by atoms with Crippen molar-refractivity contribution in [2.24, 2.45) is 0 Å². The minimum atomic E-state index is -0.00926. The first-order valence-corrected chi connectivity index (χ1v) is 17.2. The van der Waals surface area contributed by atoms with Crippen LogP contribution in [0.2, 0.25) is 0 Å². The van der Waals surface area contributed by atoms with Crippen LogP contribution in [0.4, 0.5) is 0 Å². The summed E-state index contributed by atoms with van der Waals surface area (Å²) in [6.07, 6.45) is 1.91. The van der Waals surface area contributed by atoms with Crippen molar-refractivity contribution < 1.29 is 9.15 Å². The van der Waals surface area contributed by atoms with Gasteiger partial charge in [-0.05, 0) is 76.6 Å². The fourth-order valence-corrected chi connectivity index (χ4v) is 8.12. The molecule has 0 aliphatic heterocycles. The Morgan fingerprint density at radius 3 is 2.35 bits per heavy atom. The fraction of sp³-hybridized carbons (Fsp3) is 0.190. The maximum Gasteiger partial charge on any atom is 0.221 e. The van der Waals surface area contributed by atoms with Crippen LogP contribution in [0.25, 0.3) is 70.2 Å². The van der Waals surface area contributed by atoms with E-state index in [-0.39, 0.29) is 10.8 Å². The highest BCUT2D eigenvalue weighted by Gasteiger charge is 2.25. The zero-order valence-electron chi connectivity index (χ0n) is 27.9. The predicted octanol–water partition coefficient (Wildman–Crippen LogP) is 12.2. The van der Waals surface area contributed by atoms with Crippen molar-refractivity contribution in [3.63, 3.8) is 0 Å². The molecule has 0 saturated heterocycles. The van der Waals surface area contributed by atoms with E-state index in [9.17, 15) is 0 Å². The zero-order chi connectivity index (χ0) is 32.9. The van der Waals surface area contributed by atoms with Crippen molar-refractivity contribution in [1.82, 2.24) is 14.5 Å². The molecule has 0 fully saturated rings. The highest BCUT2D eigenvalue weighted by atomic mass is 32.1. The minimum absolute atomic E-state index is 0.00926. The Balaban J connectivity index is 1.26. The van der Waals surface area contributed by atoms with E-state index >= 15 is 0 Å². The van der Waals surface area contributed by atoms with Gasteiger partial charge >= 0.3 is 0 Å². The van der Waals surface area contributed by atoms with Crippen LogP contribution in [0.3, 0.4) is 0 Å². The Kier molecular flexibility index (Phi) is 6.13. The lowest BCUT2D eigenvalue weighted by molar-refractivity contribution is 0.460. The summed E-state index contributed by atoms with van der Waals surface area (Å²) in [7, 11) is 0. The number of para-hydroxylation sites is 1. The Labute approximate surface area is 282 Å². The van der Waals surface area contributed by atoms with E-state index in [4.69, 9.17) is 19.1 Å². The largest absolute Gasteiger partial charge is 0.452 e. The molecule has 5 aromatic heterocycles. The molecule has 0 spiro atoms. The third-order valence-corrected chi connectivity index (χ3v) is 10.6. The van der Waals surface area contributed by atoms with E-state index in [2.05, 4.69) is 131 Å². The number of nitrogens with zero attached hydrogens (tertiary/aromatic N) is 3. The summed E-state index contributed by atoms with van der Waals surface area (Å²) in [6, 6.07) is 34.0. The molecule has 9 rings (SSSR count). The first kappa shape index (κ1) is 29.0. The average molecular weight is 646 g/mol. The van der Waals surface area contributed by atoms with Gasteiger partial charge in [-0.2, -0.15) is 4.98 Å². The molecule has 5 nitrogen and oxygen atoms in total. The smallest absolute Gasteiger partial charge is 0.221 e. The molecule has 9 aromatic rings. The quantitative estimate of drug-likeness (QED) is 0.191. The van der Waals surface area contributed by atoms with Gasteiger partial charge in [0.2, 0.25) is 5.88 Å². The summed E-state index contributed by atoms with van der Waals surface area (Å²) < 4.78 is 17.9. The number of rotatable bonds is 4. The van der Waals surface area contributed by atoms with Crippen LogP contribution >= 0.6 is 11.3 Å². The molecular weight excluding hydrogens is 611 g/mol. The number of furan rings is 1. The van der Waals surface area contributed by atoms with Crippen molar-refractivity contribution in [3.05, 3.63) is 114 Å². The minimum Gasteiger partial charge on any atom is -0.452 e. The van der Waals surface area contributed by atoms with Gasteiger partial charge in [-0.25, -0.2) is 0 Å². The topological polar surface area (TPSA) is 53.1 Å². The first-order valence-electron chi connectivity index (χ1n) is 16.4. The second-order valence-corrected chi connectivity index (χ2v) is 15.8. The molecule has 0 N–H and O–H groups in total. The molecule has 0 unspecified atom stereocenters. The second-order valence-electron chi connectivity index (χ2n) is 14.7. The molecule has 0 bridgehead atoms. The van der Waals surface area contributed by atoms with Gasteiger partial charge in [0.15, 0.2) is 11.3 Å². The number of benzene rings is 4. The summed E-state index contributed by atoms with van der Waals surface area (Å²) >= 11 is 1.78. The number of pyridine rings is 2. The van der Waals surface area contributed by atoms with Crippen LogP contribution in [0.5, 0.6) is 11.6 Å². The van der Waals surface area contributed by atoms with Gasteiger partial charge in [0, 0.05) is 49.1 Å². The lowest BCUT2D eigenvalue weighted by atomic mass is 9.87. The van der Waals surface area contributed by atoms with Gasteiger partial charge in [0.1, 0.15) is 11.2 Å². The summed E-state index contributed by atoms with van der Waals surface area (Å²) in [5, 5.41) is 4.44. The number of aromatic nitrogens is 3. The molecule has 4 aromatic carbocycles. The van der Waals surface area contributed by atoms with Crippen LogP contribution in [-0.2, 0) is 10.8 Å². The maximum absolute atomic E-state index is 6.78. The van der Waals surface area contributed by atoms with Crippen LogP contribution in [-0.4, -0.2) is 14.5 Å². The first-order chi connectivity index (χ1) is 23.0. The zero-order valence-corrected chi connectivity index (χ0v) is 28.7. The van der Waals surface area contributed by atoms with Crippen LogP contribution in [0, 0.1) is 0 Å². The highest BCUT2D eigenvalue weighted by Crippen LogP contribution is 2.50. The maximum atomic E-state index is 6.78. The standard InChI is InChI=1S/C42H35N3O2S/c1-41(2,3)24-11-9-12-26(21-24)45-31-14-8-7-13-27(31)28-17-18-35(44-40(28)45)46-33-23-29(30-22-25(19-20-43-30)42(4,5)6)39-37-36-32(47-38(33)37)15-10-16-34(36)48-39/h7-23H,1-6H3. The predicted molar refractivity (Wildman–Crippen MR) is 200 cm³/mol. The van der Waals surface area contributed by atoms with E-state index in [1.807, 2.05) is 18.3 Å².